The van der Waals surface area contributed by atoms with Crippen molar-refractivity contribution >= 4 is 30.9 Å². The van der Waals surface area contributed by atoms with E-state index in [2.05, 4.69) is 9.05 Å². The van der Waals surface area contributed by atoms with Crippen molar-refractivity contribution in [3.63, 3.8) is 0 Å². The first kappa shape index (κ1) is 18.8. The molecule has 1 N–H and O–H groups in total. The largest absolute Gasteiger partial charge is 2.00 e. The summed E-state index contributed by atoms with van der Waals surface area (Å²) in [6, 6.07) is 0. The fourth-order valence-corrected chi connectivity index (χ4v) is 1.04. The predicted molar refractivity (Wildman–Crippen MR) is 41.8 cm³/mol. The van der Waals surface area contributed by atoms with Crippen molar-refractivity contribution < 1.29 is 47.7 Å². The second-order valence-corrected chi connectivity index (χ2v) is 3.70. The molecule has 0 saturated heterocycles. The minimum Gasteiger partial charge on any atom is -1.00 e. The Balaban J connectivity index is -0.000000327. The molecule has 0 saturated carbocycles. The average molecular weight is 288 g/mol. The Hall–Kier alpha value is 0.456. The van der Waals surface area contributed by atoms with E-state index in [1.165, 1.54) is 0 Å². The van der Waals surface area contributed by atoms with Crippen LogP contribution in [0, 0.1) is 0 Å². The summed E-state index contributed by atoms with van der Waals surface area (Å²) in [5, 5.41) is 0. The zero-order chi connectivity index (χ0) is 12.3. The molecule has 0 unspecified atom stereocenters. The third-order valence-corrected chi connectivity index (χ3v) is 1.69. The van der Waals surface area contributed by atoms with E-state index >= 15 is 0 Å². The quantitative estimate of drug-likeness (QED) is 0.489. The van der Waals surface area contributed by atoms with Crippen LogP contribution in [0.2, 0.25) is 0 Å². The third kappa shape index (κ3) is 12.5. The zero-order valence-electron chi connectivity index (χ0n) is 9.51. The van der Waals surface area contributed by atoms with E-state index in [4.69, 9.17) is 4.89 Å². The van der Waals surface area contributed by atoms with Crippen molar-refractivity contribution in [2.45, 2.75) is 12.4 Å². The van der Waals surface area contributed by atoms with Gasteiger partial charge in [-0.25, -0.2) is 4.57 Å². The standard InChI is InChI=1S/C4H5F6O4P.Mg.2H/c5-3(6,7)1-13-15(11,12)14-2-4(8,9)10;;;/h1-2H2,(H,11,12);;;/q;+2;2*-1. The van der Waals surface area contributed by atoms with Crippen LogP contribution in [-0.2, 0) is 13.6 Å². The fourth-order valence-electron chi connectivity index (χ4n) is 0.347. The van der Waals surface area contributed by atoms with E-state index in [0.717, 1.165) is 0 Å². The molecule has 4 nitrogen and oxygen atoms in total. The van der Waals surface area contributed by atoms with Crippen LogP contribution in [0.5, 0.6) is 0 Å². The number of hydrogen-bond donors (Lipinski definition) is 1. The number of alkyl halides is 6. The van der Waals surface area contributed by atoms with Crippen molar-refractivity contribution in [1.82, 2.24) is 0 Å². The van der Waals surface area contributed by atoms with Crippen molar-refractivity contribution in [3.8, 4) is 0 Å². The first-order valence-electron chi connectivity index (χ1n) is 3.17. The molecule has 0 rings (SSSR count). The molecular formula is C4H7F6MgO4P. The van der Waals surface area contributed by atoms with Gasteiger partial charge in [0, 0.05) is 0 Å². The summed E-state index contributed by atoms with van der Waals surface area (Å²) in [7, 11) is -5.33. The van der Waals surface area contributed by atoms with Gasteiger partial charge in [0.05, 0.1) is 0 Å². The van der Waals surface area contributed by atoms with E-state index in [1.807, 2.05) is 0 Å². The van der Waals surface area contributed by atoms with Gasteiger partial charge in [0.1, 0.15) is 0 Å². The fraction of sp³-hybridized carbons (Fsp3) is 1.00. The Morgan fingerprint density at radius 2 is 1.25 bits per heavy atom. The summed E-state index contributed by atoms with van der Waals surface area (Å²) in [4.78, 5) is 8.35. The second-order valence-electron chi connectivity index (χ2n) is 2.25. The van der Waals surface area contributed by atoms with Crippen molar-refractivity contribution in [2.75, 3.05) is 13.2 Å². The molecule has 16 heavy (non-hydrogen) atoms. The first-order valence-corrected chi connectivity index (χ1v) is 4.66. The van der Waals surface area contributed by atoms with E-state index in [0.29, 0.717) is 0 Å². The molecule has 0 aromatic heterocycles. The van der Waals surface area contributed by atoms with Crippen LogP contribution in [0.25, 0.3) is 0 Å². The molecule has 0 amide bonds. The van der Waals surface area contributed by atoms with Gasteiger partial charge in [-0.3, -0.25) is 9.05 Å². The summed E-state index contributed by atoms with van der Waals surface area (Å²) < 4.78 is 85.5. The number of phosphoric ester groups is 1. The van der Waals surface area contributed by atoms with Gasteiger partial charge in [-0.15, -0.1) is 0 Å². The van der Waals surface area contributed by atoms with Crippen LogP contribution in [0.4, 0.5) is 26.3 Å². The molecule has 0 aliphatic rings. The maximum absolute atomic E-state index is 11.4. The molecule has 0 atom stereocenters. The van der Waals surface area contributed by atoms with Crippen molar-refractivity contribution in [2.24, 2.45) is 0 Å². The molecule has 0 heterocycles. The molecule has 0 aromatic rings. The van der Waals surface area contributed by atoms with Gasteiger partial charge < -0.3 is 7.75 Å². The summed E-state index contributed by atoms with van der Waals surface area (Å²) in [5.74, 6) is 0. The summed E-state index contributed by atoms with van der Waals surface area (Å²) in [6.07, 6.45) is -9.86. The molecule has 0 fully saturated rings. The van der Waals surface area contributed by atoms with Crippen LogP contribution in [-0.4, -0.2) is 53.5 Å². The Labute approximate surface area is 105 Å². The molecule has 0 spiro atoms. The first-order chi connectivity index (χ1) is 6.41. The second kappa shape index (κ2) is 6.41. The minimum absolute atomic E-state index is 0. The molecule has 0 radical (unpaired) electrons. The van der Waals surface area contributed by atoms with E-state index in [1.54, 1.807) is 0 Å². The van der Waals surface area contributed by atoms with Crippen LogP contribution >= 0.6 is 7.82 Å². The molecule has 0 aromatic carbocycles. The van der Waals surface area contributed by atoms with Gasteiger partial charge in [0.25, 0.3) is 0 Å². The third-order valence-electron chi connectivity index (χ3n) is 0.783. The van der Waals surface area contributed by atoms with Gasteiger partial charge in [-0.2, -0.15) is 26.3 Å². The van der Waals surface area contributed by atoms with Gasteiger partial charge in [-0.05, 0) is 0 Å². The molecule has 0 aliphatic heterocycles. The number of hydrogen-bond acceptors (Lipinski definition) is 3. The Bertz CT molecular complexity index is 239. The van der Waals surface area contributed by atoms with Crippen LogP contribution < -0.4 is 0 Å². The SMILES string of the molecule is O=P(O)(OCC(F)(F)F)OCC(F)(F)F.[H-].[H-].[Mg+2]. The van der Waals surface area contributed by atoms with Gasteiger partial charge in [-0.1, -0.05) is 0 Å². The van der Waals surface area contributed by atoms with E-state index in [9.17, 15) is 30.9 Å². The molecule has 96 valence electrons. The monoisotopic (exact) mass is 288 g/mol. The Morgan fingerprint density at radius 1 is 1.00 bits per heavy atom. The van der Waals surface area contributed by atoms with Gasteiger partial charge >= 0.3 is 43.2 Å². The van der Waals surface area contributed by atoms with Crippen LogP contribution in [0.1, 0.15) is 2.85 Å². The summed E-state index contributed by atoms with van der Waals surface area (Å²) in [6.45, 7) is -4.34. The normalized spacial score (nSPS) is 13.4. The number of phosphoric acid groups is 1. The maximum Gasteiger partial charge on any atom is 2.00 e. The predicted octanol–water partition coefficient (Wildman–Crippen LogP) is 2.09. The number of halogens is 6. The Kier molecular flexibility index (Phi) is 7.53. The van der Waals surface area contributed by atoms with Crippen LogP contribution in [0.3, 0.4) is 0 Å². The molecular weight excluding hydrogens is 281 g/mol. The van der Waals surface area contributed by atoms with Gasteiger partial charge in [0.2, 0.25) is 0 Å². The van der Waals surface area contributed by atoms with E-state index in [-0.39, 0.29) is 25.9 Å². The van der Waals surface area contributed by atoms with E-state index < -0.39 is 33.4 Å². The Morgan fingerprint density at radius 3 is 1.44 bits per heavy atom. The summed E-state index contributed by atoms with van der Waals surface area (Å²) >= 11 is 0. The van der Waals surface area contributed by atoms with Crippen LogP contribution in [0.15, 0.2) is 0 Å². The van der Waals surface area contributed by atoms with Gasteiger partial charge in [0.15, 0.2) is 13.2 Å². The number of rotatable bonds is 4. The average Bonchev–Trinajstić information content (AvgIpc) is 1.96. The summed E-state index contributed by atoms with van der Waals surface area (Å²) in [5.41, 5.74) is 0. The molecule has 12 heteroatoms. The topological polar surface area (TPSA) is 55.8 Å². The van der Waals surface area contributed by atoms with Crippen molar-refractivity contribution in [3.05, 3.63) is 0 Å². The minimum atomic E-state index is -5.33. The van der Waals surface area contributed by atoms with Crippen molar-refractivity contribution in [1.29, 1.82) is 0 Å². The molecule has 0 bridgehead atoms. The smallest absolute Gasteiger partial charge is 1.00 e. The zero-order valence-corrected chi connectivity index (χ0v) is 9.82. The molecule has 0 aliphatic carbocycles. The maximum atomic E-state index is 11.4.